The van der Waals surface area contributed by atoms with E-state index < -0.39 is 0 Å². The Bertz CT molecular complexity index is 372. The average molecular weight is 249 g/mol. The Kier molecular flexibility index (Phi) is 4.95. The predicted molar refractivity (Wildman–Crippen MR) is 75.5 cm³/mol. The molecule has 92 valence electrons. The molecule has 17 heavy (non-hydrogen) atoms. The summed E-state index contributed by atoms with van der Waals surface area (Å²) in [6, 6.07) is 8.20. The van der Waals surface area contributed by atoms with Gasteiger partial charge >= 0.3 is 0 Å². The van der Waals surface area contributed by atoms with Crippen molar-refractivity contribution in [3.8, 4) is 5.75 Å². The number of benzene rings is 1. The fraction of sp³-hybridized carbons (Fsp3) is 0.429. The van der Waals surface area contributed by atoms with Gasteiger partial charge in [0.15, 0.2) is 0 Å². The summed E-state index contributed by atoms with van der Waals surface area (Å²) < 4.78 is 6.00. The first kappa shape index (κ1) is 12.5. The molecule has 2 rings (SSSR count). The molecule has 1 fully saturated rings. The SMILES string of the molecule is NC/C=C/c1cccc(OC2CCSCC2)c1. The van der Waals surface area contributed by atoms with Crippen molar-refractivity contribution < 1.29 is 4.74 Å². The lowest BCUT2D eigenvalue weighted by atomic mass is 10.2. The van der Waals surface area contributed by atoms with E-state index in [1.54, 1.807) is 0 Å². The van der Waals surface area contributed by atoms with Crippen LogP contribution in [0.4, 0.5) is 0 Å². The molecular formula is C14H19NOS. The van der Waals surface area contributed by atoms with Gasteiger partial charge in [-0.25, -0.2) is 0 Å². The summed E-state index contributed by atoms with van der Waals surface area (Å²) in [7, 11) is 0. The second-order valence-corrected chi connectivity index (χ2v) is 5.36. The smallest absolute Gasteiger partial charge is 0.120 e. The Labute approximate surface area is 107 Å². The number of hydrogen-bond donors (Lipinski definition) is 1. The van der Waals surface area contributed by atoms with E-state index in [4.69, 9.17) is 10.5 Å². The fourth-order valence-electron chi connectivity index (χ4n) is 1.88. The van der Waals surface area contributed by atoms with Gasteiger partial charge in [-0.3, -0.25) is 0 Å². The summed E-state index contributed by atoms with van der Waals surface area (Å²) in [6.07, 6.45) is 6.70. The second kappa shape index (κ2) is 6.72. The largest absolute Gasteiger partial charge is 0.490 e. The van der Waals surface area contributed by atoms with Crippen LogP contribution in [0.1, 0.15) is 18.4 Å². The summed E-state index contributed by atoms with van der Waals surface area (Å²) >= 11 is 2.02. The fourth-order valence-corrected chi connectivity index (χ4v) is 2.95. The molecule has 0 aromatic heterocycles. The van der Waals surface area contributed by atoms with Crippen molar-refractivity contribution in [2.75, 3.05) is 18.1 Å². The molecule has 1 saturated heterocycles. The summed E-state index contributed by atoms with van der Waals surface area (Å²) in [5, 5.41) is 0. The molecule has 0 bridgehead atoms. The third-order valence-electron chi connectivity index (χ3n) is 2.78. The number of hydrogen-bond acceptors (Lipinski definition) is 3. The van der Waals surface area contributed by atoms with Crippen molar-refractivity contribution in [3.05, 3.63) is 35.9 Å². The molecule has 1 aliphatic heterocycles. The molecule has 0 amide bonds. The lowest BCUT2D eigenvalue weighted by molar-refractivity contribution is 0.192. The Morgan fingerprint density at radius 3 is 2.94 bits per heavy atom. The van der Waals surface area contributed by atoms with Crippen molar-refractivity contribution >= 4 is 17.8 Å². The van der Waals surface area contributed by atoms with Crippen LogP contribution in [-0.4, -0.2) is 24.2 Å². The third-order valence-corrected chi connectivity index (χ3v) is 3.82. The molecule has 0 aliphatic carbocycles. The van der Waals surface area contributed by atoms with E-state index in [0.29, 0.717) is 12.6 Å². The molecule has 0 unspecified atom stereocenters. The van der Waals surface area contributed by atoms with Crippen molar-refractivity contribution in [2.45, 2.75) is 18.9 Å². The van der Waals surface area contributed by atoms with Crippen LogP contribution >= 0.6 is 11.8 Å². The van der Waals surface area contributed by atoms with E-state index in [1.807, 2.05) is 36.0 Å². The van der Waals surface area contributed by atoms with E-state index in [2.05, 4.69) is 12.1 Å². The number of rotatable bonds is 4. The Balaban J connectivity index is 1.97. The van der Waals surface area contributed by atoms with E-state index in [1.165, 1.54) is 11.5 Å². The topological polar surface area (TPSA) is 35.2 Å². The maximum Gasteiger partial charge on any atom is 0.120 e. The summed E-state index contributed by atoms with van der Waals surface area (Å²) in [5.41, 5.74) is 6.59. The normalized spacial score (nSPS) is 17.5. The van der Waals surface area contributed by atoms with Crippen molar-refractivity contribution in [3.63, 3.8) is 0 Å². The molecular weight excluding hydrogens is 230 g/mol. The van der Waals surface area contributed by atoms with Crippen LogP contribution in [0.3, 0.4) is 0 Å². The molecule has 2 nitrogen and oxygen atoms in total. The van der Waals surface area contributed by atoms with Crippen LogP contribution in [0.5, 0.6) is 5.75 Å². The van der Waals surface area contributed by atoms with Crippen LogP contribution in [0.2, 0.25) is 0 Å². The zero-order chi connectivity index (χ0) is 11.9. The van der Waals surface area contributed by atoms with Gasteiger partial charge in [0.05, 0.1) is 0 Å². The van der Waals surface area contributed by atoms with Gasteiger partial charge in [0.2, 0.25) is 0 Å². The molecule has 3 heteroatoms. The molecule has 1 aromatic rings. The lowest BCUT2D eigenvalue weighted by Crippen LogP contribution is -2.22. The first-order valence-electron chi connectivity index (χ1n) is 6.09. The summed E-state index contributed by atoms with van der Waals surface area (Å²) in [4.78, 5) is 0. The average Bonchev–Trinajstić information content (AvgIpc) is 2.38. The van der Waals surface area contributed by atoms with Gasteiger partial charge in [-0.05, 0) is 42.0 Å². The van der Waals surface area contributed by atoms with Crippen molar-refractivity contribution in [1.82, 2.24) is 0 Å². The van der Waals surface area contributed by atoms with Crippen LogP contribution in [0, 0.1) is 0 Å². The summed E-state index contributed by atoms with van der Waals surface area (Å²) in [6.45, 7) is 0.574. The lowest BCUT2D eigenvalue weighted by Gasteiger charge is -2.22. The third kappa shape index (κ3) is 4.10. The van der Waals surface area contributed by atoms with Gasteiger partial charge in [0.25, 0.3) is 0 Å². The molecule has 0 radical (unpaired) electrons. The Morgan fingerprint density at radius 1 is 1.35 bits per heavy atom. The molecule has 0 atom stereocenters. The Morgan fingerprint density at radius 2 is 2.18 bits per heavy atom. The van der Waals surface area contributed by atoms with Gasteiger partial charge < -0.3 is 10.5 Å². The monoisotopic (exact) mass is 249 g/mol. The predicted octanol–water partition coefficient (Wildman–Crippen LogP) is 2.93. The van der Waals surface area contributed by atoms with Crippen molar-refractivity contribution in [2.24, 2.45) is 5.73 Å². The highest BCUT2D eigenvalue weighted by Gasteiger charge is 2.14. The molecule has 0 spiro atoms. The molecule has 0 saturated carbocycles. The number of nitrogens with two attached hydrogens (primary N) is 1. The van der Waals surface area contributed by atoms with Gasteiger partial charge in [-0.15, -0.1) is 0 Å². The number of thioether (sulfide) groups is 1. The van der Waals surface area contributed by atoms with Crippen LogP contribution in [0.25, 0.3) is 6.08 Å². The number of ether oxygens (including phenoxy) is 1. The minimum atomic E-state index is 0.394. The van der Waals surface area contributed by atoms with Gasteiger partial charge in [0, 0.05) is 6.54 Å². The van der Waals surface area contributed by atoms with E-state index >= 15 is 0 Å². The minimum absolute atomic E-state index is 0.394. The quantitative estimate of drug-likeness (QED) is 0.891. The molecule has 1 heterocycles. The van der Waals surface area contributed by atoms with E-state index in [0.717, 1.165) is 24.2 Å². The van der Waals surface area contributed by atoms with Crippen LogP contribution < -0.4 is 10.5 Å². The Hall–Kier alpha value is -0.930. The molecule has 1 aliphatic rings. The highest BCUT2D eigenvalue weighted by molar-refractivity contribution is 7.99. The van der Waals surface area contributed by atoms with E-state index in [9.17, 15) is 0 Å². The van der Waals surface area contributed by atoms with E-state index in [-0.39, 0.29) is 0 Å². The highest BCUT2D eigenvalue weighted by Crippen LogP contribution is 2.23. The van der Waals surface area contributed by atoms with Gasteiger partial charge in [-0.2, -0.15) is 11.8 Å². The summed E-state index contributed by atoms with van der Waals surface area (Å²) in [5.74, 6) is 3.41. The standard InChI is InChI=1S/C14H19NOS/c15-8-2-4-12-3-1-5-14(11-12)16-13-6-9-17-10-7-13/h1-5,11,13H,6-10,15H2/b4-2+. The molecule has 2 N–H and O–H groups in total. The second-order valence-electron chi connectivity index (χ2n) is 4.14. The first-order valence-corrected chi connectivity index (χ1v) is 7.25. The van der Waals surface area contributed by atoms with Crippen LogP contribution in [-0.2, 0) is 0 Å². The highest BCUT2D eigenvalue weighted by atomic mass is 32.2. The first-order chi connectivity index (χ1) is 8.38. The van der Waals surface area contributed by atoms with Gasteiger partial charge in [0.1, 0.15) is 11.9 Å². The zero-order valence-electron chi connectivity index (χ0n) is 9.97. The maximum atomic E-state index is 6.00. The zero-order valence-corrected chi connectivity index (χ0v) is 10.8. The van der Waals surface area contributed by atoms with Gasteiger partial charge in [-0.1, -0.05) is 24.3 Å². The van der Waals surface area contributed by atoms with Crippen LogP contribution in [0.15, 0.2) is 30.3 Å². The molecule has 1 aromatic carbocycles. The maximum absolute atomic E-state index is 6.00. The minimum Gasteiger partial charge on any atom is -0.490 e. The van der Waals surface area contributed by atoms with Crippen molar-refractivity contribution in [1.29, 1.82) is 0 Å².